The second-order valence-corrected chi connectivity index (χ2v) is 6.95. The van der Waals surface area contributed by atoms with Crippen molar-refractivity contribution in [2.24, 2.45) is 5.41 Å². The minimum Gasteiger partial charge on any atom is -0.293 e. The van der Waals surface area contributed by atoms with Gasteiger partial charge in [-0.2, -0.15) is 0 Å². The van der Waals surface area contributed by atoms with Crippen LogP contribution in [0.5, 0.6) is 0 Å². The van der Waals surface area contributed by atoms with Gasteiger partial charge in [-0.25, -0.2) is 0 Å². The van der Waals surface area contributed by atoms with Gasteiger partial charge in [0.25, 0.3) is 11.8 Å². The number of hydrogen-bond acceptors (Lipinski definition) is 4. The Morgan fingerprint density at radius 1 is 0.731 bits per heavy atom. The van der Waals surface area contributed by atoms with Gasteiger partial charge in [-0.3, -0.25) is 24.1 Å². The first-order chi connectivity index (χ1) is 12.4. The Labute approximate surface area is 150 Å². The fourth-order valence-corrected chi connectivity index (χ4v) is 3.84. The average Bonchev–Trinajstić information content (AvgIpc) is 3.01. The highest BCUT2D eigenvalue weighted by molar-refractivity contribution is 6.29. The predicted octanol–water partition coefficient (Wildman–Crippen LogP) is 3.15. The van der Waals surface area contributed by atoms with Crippen molar-refractivity contribution >= 4 is 23.4 Å². The zero-order valence-electron chi connectivity index (χ0n) is 14.3. The molecule has 5 heteroatoms. The van der Waals surface area contributed by atoms with Gasteiger partial charge in [-0.1, -0.05) is 36.4 Å². The largest absolute Gasteiger partial charge is 0.293 e. The smallest absolute Gasteiger partial charge is 0.261 e. The molecule has 0 radical (unpaired) electrons. The van der Waals surface area contributed by atoms with E-state index < -0.39 is 5.41 Å². The molecule has 130 valence electrons. The quantitative estimate of drug-likeness (QED) is 0.629. The van der Waals surface area contributed by atoms with Gasteiger partial charge < -0.3 is 0 Å². The van der Waals surface area contributed by atoms with Crippen molar-refractivity contribution in [3.05, 3.63) is 70.8 Å². The van der Waals surface area contributed by atoms with Gasteiger partial charge in [0.2, 0.25) is 0 Å². The van der Waals surface area contributed by atoms with Crippen molar-refractivity contribution in [3.63, 3.8) is 0 Å². The van der Waals surface area contributed by atoms with E-state index >= 15 is 0 Å². The van der Waals surface area contributed by atoms with E-state index in [1.54, 1.807) is 55.5 Å². The van der Waals surface area contributed by atoms with Gasteiger partial charge in [0, 0.05) is 17.7 Å². The third-order valence-corrected chi connectivity index (χ3v) is 5.36. The third-order valence-electron chi connectivity index (χ3n) is 5.36. The molecule has 4 rings (SSSR count). The molecule has 0 N–H and O–H groups in total. The van der Waals surface area contributed by atoms with E-state index in [-0.39, 0.29) is 29.9 Å². The van der Waals surface area contributed by atoms with Crippen molar-refractivity contribution in [2.75, 3.05) is 6.54 Å². The van der Waals surface area contributed by atoms with Crippen molar-refractivity contribution in [3.8, 4) is 0 Å². The van der Waals surface area contributed by atoms with Gasteiger partial charge >= 0.3 is 0 Å². The highest BCUT2D eigenvalue weighted by Crippen LogP contribution is 2.40. The summed E-state index contributed by atoms with van der Waals surface area (Å²) in [4.78, 5) is 51.4. The average molecular weight is 347 g/mol. The number of hydrogen-bond donors (Lipinski definition) is 0. The summed E-state index contributed by atoms with van der Waals surface area (Å²) in [5.41, 5.74) is 0.609. The molecule has 0 unspecified atom stereocenters. The summed E-state index contributed by atoms with van der Waals surface area (Å²) in [6.45, 7) is 1.85. The highest BCUT2D eigenvalue weighted by atomic mass is 16.2. The Morgan fingerprint density at radius 3 is 1.62 bits per heavy atom. The number of amides is 2. The van der Waals surface area contributed by atoms with E-state index in [9.17, 15) is 19.2 Å². The number of fused-ring (bicyclic) bond motifs is 2. The standard InChI is InChI=1S/C21H17NO4/c1-21(17(23)13-7-2-3-8-14(13)18(21)24)11-6-12-22-19(25)15-9-4-5-10-16(15)20(22)26/h2-5,7-10H,6,11-12H2,1H3. The Morgan fingerprint density at radius 2 is 1.15 bits per heavy atom. The molecule has 26 heavy (non-hydrogen) atoms. The summed E-state index contributed by atoms with van der Waals surface area (Å²) in [5, 5.41) is 0. The number of rotatable bonds is 4. The minimum absolute atomic E-state index is 0.180. The van der Waals surface area contributed by atoms with Gasteiger partial charge in [0.15, 0.2) is 11.6 Å². The number of carbonyl (C=O) groups excluding carboxylic acids is 4. The van der Waals surface area contributed by atoms with Crippen LogP contribution in [0.15, 0.2) is 48.5 Å². The normalized spacial score (nSPS) is 17.7. The third kappa shape index (κ3) is 2.17. The molecule has 0 saturated heterocycles. The molecule has 2 aliphatic rings. The maximum Gasteiger partial charge on any atom is 0.261 e. The molecule has 0 atom stereocenters. The summed E-state index contributed by atoms with van der Waals surface area (Å²) in [5.74, 6) is -0.993. The summed E-state index contributed by atoms with van der Waals surface area (Å²) in [6, 6.07) is 13.6. The molecular formula is C21H17NO4. The fraction of sp³-hybridized carbons (Fsp3) is 0.238. The van der Waals surface area contributed by atoms with E-state index in [0.717, 1.165) is 0 Å². The SMILES string of the molecule is CC1(CCCN2C(=O)c3ccccc3C2=O)C(=O)c2ccccc2C1=O. The summed E-state index contributed by atoms with van der Waals surface area (Å²) in [6.07, 6.45) is 0.695. The lowest BCUT2D eigenvalue weighted by Crippen LogP contribution is -2.34. The predicted molar refractivity (Wildman–Crippen MR) is 94.3 cm³/mol. The van der Waals surface area contributed by atoms with Gasteiger partial charge in [0.05, 0.1) is 16.5 Å². The fourth-order valence-electron chi connectivity index (χ4n) is 3.84. The van der Waals surface area contributed by atoms with Crippen LogP contribution in [0.1, 0.15) is 61.2 Å². The summed E-state index contributed by atoms with van der Waals surface area (Å²) >= 11 is 0. The first kappa shape index (κ1) is 16.4. The van der Waals surface area contributed by atoms with Crippen LogP contribution in [-0.4, -0.2) is 34.8 Å². The Balaban J connectivity index is 1.48. The van der Waals surface area contributed by atoms with E-state index in [2.05, 4.69) is 0 Å². The summed E-state index contributed by atoms with van der Waals surface area (Å²) in [7, 11) is 0. The van der Waals surface area contributed by atoms with Crippen LogP contribution in [0.4, 0.5) is 0 Å². The lowest BCUT2D eigenvalue weighted by atomic mass is 9.80. The number of nitrogens with zero attached hydrogens (tertiary/aromatic N) is 1. The summed E-state index contributed by atoms with van der Waals surface area (Å²) < 4.78 is 0. The molecule has 0 fully saturated rings. The van der Waals surface area contributed by atoms with Gasteiger partial charge in [-0.05, 0) is 31.9 Å². The van der Waals surface area contributed by atoms with Crippen molar-refractivity contribution in [2.45, 2.75) is 19.8 Å². The van der Waals surface area contributed by atoms with E-state index in [0.29, 0.717) is 35.1 Å². The van der Waals surface area contributed by atoms with Crippen molar-refractivity contribution in [1.29, 1.82) is 0 Å². The monoisotopic (exact) mass is 347 g/mol. The molecule has 1 heterocycles. The maximum atomic E-state index is 12.7. The van der Waals surface area contributed by atoms with Crippen molar-refractivity contribution in [1.82, 2.24) is 4.90 Å². The van der Waals surface area contributed by atoms with Crippen LogP contribution in [0.2, 0.25) is 0 Å². The molecule has 2 aromatic rings. The van der Waals surface area contributed by atoms with Crippen molar-refractivity contribution < 1.29 is 19.2 Å². The molecule has 1 aliphatic carbocycles. The molecule has 2 aromatic carbocycles. The Kier molecular flexibility index (Phi) is 3.61. The highest BCUT2D eigenvalue weighted by Gasteiger charge is 2.48. The van der Waals surface area contributed by atoms with Gasteiger partial charge in [-0.15, -0.1) is 0 Å². The van der Waals surface area contributed by atoms with E-state index in [1.165, 1.54) is 4.90 Å². The van der Waals surface area contributed by atoms with Crippen LogP contribution in [0, 0.1) is 5.41 Å². The van der Waals surface area contributed by atoms with E-state index in [4.69, 9.17) is 0 Å². The van der Waals surface area contributed by atoms with Crippen LogP contribution in [-0.2, 0) is 0 Å². The van der Waals surface area contributed by atoms with Crippen LogP contribution < -0.4 is 0 Å². The Hall–Kier alpha value is -3.08. The van der Waals surface area contributed by atoms with Gasteiger partial charge in [0.1, 0.15) is 0 Å². The Bertz CT molecular complexity index is 905. The molecule has 0 bridgehead atoms. The minimum atomic E-state index is -1.12. The second-order valence-electron chi connectivity index (χ2n) is 6.95. The number of carbonyl (C=O) groups is 4. The number of ketones is 2. The zero-order valence-corrected chi connectivity index (χ0v) is 14.3. The zero-order chi connectivity index (χ0) is 18.5. The molecule has 0 spiro atoms. The van der Waals surface area contributed by atoms with Crippen LogP contribution >= 0.6 is 0 Å². The lowest BCUT2D eigenvalue weighted by Gasteiger charge is -2.22. The maximum absolute atomic E-state index is 12.7. The number of Topliss-reactive ketones (excluding diaryl/α,β-unsaturated/α-hetero) is 2. The molecule has 5 nitrogen and oxygen atoms in total. The topological polar surface area (TPSA) is 71.5 Å². The molecule has 2 amide bonds. The second kappa shape index (κ2) is 5.73. The molecular weight excluding hydrogens is 330 g/mol. The number of imide groups is 1. The van der Waals surface area contributed by atoms with Crippen LogP contribution in [0.3, 0.4) is 0 Å². The molecule has 0 aromatic heterocycles. The molecule has 1 aliphatic heterocycles. The molecule has 0 saturated carbocycles. The van der Waals surface area contributed by atoms with Crippen LogP contribution in [0.25, 0.3) is 0 Å². The number of benzene rings is 2. The first-order valence-electron chi connectivity index (χ1n) is 8.59. The van der Waals surface area contributed by atoms with E-state index in [1.807, 2.05) is 0 Å². The lowest BCUT2D eigenvalue weighted by molar-refractivity contribution is 0.0639. The first-order valence-corrected chi connectivity index (χ1v) is 8.59.